The number of H-pyrrole nitrogens is 1. The molecule has 2 aromatic carbocycles. The van der Waals surface area contributed by atoms with Crippen LogP contribution >= 0.6 is 0 Å². The van der Waals surface area contributed by atoms with Crippen LogP contribution in [0.3, 0.4) is 0 Å². The van der Waals surface area contributed by atoms with Crippen LogP contribution < -0.4 is 4.74 Å². The minimum absolute atomic E-state index is 0.781. The van der Waals surface area contributed by atoms with Crippen molar-refractivity contribution in [2.75, 3.05) is 6.61 Å². The van der Waals surface area contributed by atoms with Gasteiger partial charge in [0.05, 0.1) is 17.8 Å². The lowest BCUT2D eigenvalue weighted by atomic mass is 10.0. The Morgan fingerprint density at radius 2 is 1.95 bits per heavy atom. The summed E-state index contributed by atoms with van der Waals surface area (Å²) >= 11 is 0. The first-order chi connectivity index (χ1) is 10.9. The van der Waals surface area contributed by atoms with Crippen molar-refractivity contribution in [1.82, 2.24) is 9.97 Å². The highest BCUT2D eigenvalue weighted by Gasteiger charge is 2.15. The standard InChI is InChI=1S/C19H14N2O/c1-2-4-16-14(3-1)15-7-9-20-18(19(15)21-16)13-5-6-17-12(11-13)8-10-22-17/h1-7,9,11,21H,8,10H2. The lowest BCUT2D eigenvalue weighted by Crippen LogP contribution is -1.87. The van der Waals surface area contributed by atoms with Crippen LogP contribution in [0.4, 0.5) is 0 Å². The number of ether oxygens (including phenoxy) is 1. The zero-order chi connectivity index (χ0) is 14.5. The second kappa shape index (κ2) is 4.34. The summed E-state index contributed by atoms with van der Waals surface area (Å²) in [7, 11) is 0. The average molecular weight is 286 g/mol. The Morgan fingerprint density at radius 1 is 1.00 bits per heavy atom. The van der Waals surface area contributed by atoms with E-state index in [9.17, 15) is 0 Å². The van der Waals surface area contributed by atoms with Gasteiger partial charge in [0.1, 0.15) is 5.75 Å². The molecule has 0 radical (unpaired) electrons. The van der Waals surface area contributed by atoms with Crippen LogP contribution in [-0.4, -0.2) is 16.6 Å². The predicted molar refractivity (Wildman–Crippen MR) is 88.2 cm³/mol. The van der Waals surface area contributed by atoms with Crippen molar-refractivity contribution >= 4 is 21.8 Å². The first kappa shape index (κ1) is 11.8. The molecule has 0 amide bonds. The van der Waals surface area contributed by atoms with Crippen molar-refractivity contribution in [3.63, 3.8) is 0 Å². The van der Waals surface area contributed by atoms with Gasteiger partial charge < -0.3 is 9.72 Å². The number of rotatable bonds is 1. The van der Waals surface area contributed by atoms with E-state index in [1.165, 1.54) is 16.3 Å². The minimum Gasteiger partial charge on any atom is -0.493 e. The third kappa shape index (κ3) is 1.59. The number of aromatic nitrogens is 2. The number of fused-ring (bicyclic) bond motifs is 4. The first-order valence-electron chi connectivity index (χ1n) is 7.52. The number of nitrogens with one attached hydrogen (secondary N) is 1. The third-order valence-electron chi connectivity index (χ3n) is 4.39. The summed E-state index contributed by atoms with van der Waals surface area (Å²) < 4.78 is 5.60. The predicted octanol–water partition coefficient (Wildman–Crippen LogP) is 4.32. The molecule has 1 aliphatic heterocycles. The van der Waals surface area contributed by atoms with Gasteiger partial charge in [-0.3, -0.25) is 4.98 Å². The van der Waals surface area contributed by atoms with Crippen molar-refractivity contribution in [1.29, 1.82) is 0 Å². The fourth-order valence-corrected chi connectivity index (χ4v) is 3.33. The normalized spacial score (nSPS) is 13.5. The van der Waals surface area contributed by atoms with Crippen LogP contribution in [-0.2, 0) is 6.42 Å². The lowest BCUT2D eigenvalue weighted by Gasteiger charge is -2.05. The van der Waals surface area contributed by atoms with E-state index >= 15 is 0 Å². The molecule has 4 aromatic rings. The Morgan fingerprint density at radius 3 is 2.95 bits per heavy atom. The van der Waals surface area contributed by atoms with Crippen molar-refractivity contribution in [3.8, 4) is 17.0 Å². The van der Waals surface area contributed by atoms with E-state index in [-0.39, 0.29) is 0 Å². The molecule has 2 aromatic heterocycles. The van der Waals surface area contributed by atoms with E-state index in [2.05, 4.69) is 58.5 Å². The van der Waals surface area contributed by atoms with Crippen LogP contribution in [0, 0.1) is 0 Å². The fourth-order valence-electron chi connectivity index (χ4n) is 3.33. The topological polar surface area (TPSA) is 37.9 Å². The molecular weight excluding hydrogens is 272 g/mol. The van der Waals surface area contributed by atoms with Crippen molar-refractivity contribution in [3.05, 3.63) is 60.3 Å². The molecule has 106 valence electrons. The molecule has 3 nitrogen and oxygen atoms in total. The van der Waals surface area contributed by atoms with E-state index in [0.717, 1.165) is 41.1 Å². The fraction of sp³-hybridized carbons (Fsp3) is 0.105. The number of aromatic amines is 1. The van der Waals surface area contributed by atoms with Gasteiger partial charge in [0, 0.05) is 34.5 Å². The van der Waals surface area contributed by atoms with Crippen molar-refractivity contribution in [2.45, 2.75) is 6.42 Å². The van der Waals surface area contributed by atoms with Gasteiger partial charge in [0.2, 0.25) is 0 Å². The summed E-state index contributed by atoms with van der Waals surface area (Å²) in [6.45, 7) is 0.781. The number of pyridine rings is 1. The van der Waals surface area contributed by atoms with E-state index in [1.807, 2.05) is 6.20 Å². The highest BCUT2D eigenvalue weighted by atomic mass is 16.5. The van der Waals surface area contributed by atoms with Crippen LogP contribution in [0.2, 0.25) is 0 Å². The Hall–Kier alpha value is -2.81. The van der Waals surface area contributed by atoms with E-state index in [0.29, 0.717) is 0 Å². The maximum atomic E-state index is 5.60. The number of para-hydroxylation sites is 1. The van der Waals surface area contributed by atoms with Gasteiger partial charge in [-0.05, 0) is 35.9 Å². The Kier molecular flexibility index (Phi) is 2.33. The Labute approximate surface area is 127 Å². The highest BCUT2D eigenvalue weighted by Crippen LogP contribution is 2.34. The molecule has 0 aliphatic carbocycles. The largest absolute Gasteiger partial charge is 0.493 e. The minimum atomic E-state index is 0.781. The summed E-state index contributed by atoms with van der Waals surface area (Å²) in [5.41, 5.74) is 5.66. The monoisotopic (exact) mass is 286 g/mol. The summed E-state index contributed by atoms with van der Waals surface area (Å²) in [5, 5.41) is 2.46. The van der Waals surface area contributed by atoms with Crippen LogP contribution in [0.15, 0.2) is 54.7 Å². The van der Waals surface area contributed by atoms with Gasteiger partial charge in [0.15, 0.2) is 0 Å². The average Bonchev–Trinajstić information content (AvgIpc) is 3.18. The van der Waals surface area contributed by atoms with Crippen LogP contribution in [0.1, 0.15) is 5.56 Å². The Balaban J connectivity index is 1.81. The number of nitrogens with zero attached hydrogens (tertiary/aromatic N) is 1. The van der Waals surface area contributed by atoms with E-state index < -0.39 is 0 Å². The third-order valence-corrected chi connectivity index (χ3v) is 4.39. The molecule has 0 unspecified atom stereocenters. The molecule has 0 spiro atoms. The number of hydrogen-bond acceptors (Lipinski definition) is 2. The molecule has 0 saturated heterocycles. The van der Waals surface area contributed by atoms with Gasteiger partial charge in [-0.15, -0.1) is 0 Å². The second-order valence-electron chi connectivity index (χ2n) is 5.67. The van der Waals surface area contributed by atoms with Crippen LogP contribution in [0.5, 0.6) is 5.75 Å². The summed E-state index contributed by atoms with van der Waals surface area (Å²) in [6, 6.07) is 16.8. The molecule has 5 rings (SSSR count). The van der Waals surface area contributed by atoms with E-state index in [4.69, 9.17) is 4.74 Å². The highest BCUT2D eigenvalue weighted by molar-refractivity contribution is 6.10. The smallest absolute Gasteiger partial charge is 0.122 e. The number of benzene rings is 2. The molecule has 3 heteroatoms. The Bertz CT molecular complexity index is 1020. The molecule has 0 saturated carbocycles. The van der Waals surface area contributed by atoms with Crippen molar-refractivity contribution in [2.24, 2.45) is 0 Å². The maximum Gasteiger partial charge on any atom is 0.122 e. The van der Waals surface area contributed by atoms with Gasteiger partial charge in [-0.2, -0.15) is 0 Å². The lowest BCUT2D eigenvalue weighted by molar-refractivity contribution is 0.357. The zero-order valence-electron chi connectivity index (χ0n) is 12.0. The molecular formula is C19H14N2O. The van der Waals surface area contributed by atoms with Gasteiger partial charge in [-0.25, -0.2) is 0 Å². The molecule has 22 heavy (non-hydrogen) atoms. The number of hydrogen-bond donors (Lipinski definition) is 1. The molecule has 1 N–H and O–H groups in total. The molecule has 0 bridgehead atoms. The second-order valence-corrected chi connectivity index (χ2v) is 5.67. The molecule has 1 aliphatic rings. The van der Waals surface area contributed by atoms with Crippen molar-refractivity contribution < 1.29 is 4.74 Å². The van der Waals surface area contributed by atoms with E-state index in [1.54, 1.807) is 0 Å². The molecule has 0 fully saturated rings. The summed E-state index contributed by atoms with van der Waals surface area (Å²) in [5.74, 6) is 1.01. The molecule has 0 atom stereocenters. The molecule has 3 heterocycles. The van der Waals surface area contributed by atoms with Gasteiger partial charge in [-0.1, -0.05) is 18.2 Å². The first-order valence-corrected chi connectivity index (χ1v) is 7.52. The summed E-state index contributed by atoms with van der Waals surface area (Å²) in [4.78, 5) is 8.14. The van der Waals surface area contributed by atoms with Gasteiger partial charge in [0.25, 0.3) is 0 Å². The summed E-state index contributed by atoms with van der Waals surface area (Å²) in [6.07, 6.45) is 2.87. The van der Waals surface area contributed by atoms with Gasteiger partial charge >= 0.3 is 0 Å². The maximum absolute atomic E-state index is 5.60. The quantitative estimate of drug-likeness (QED) is 0.566. The zero-order valence-corrected chi connectivity index (χ0v) is 12.0. The van der Waals surface area contributed by atoms with Crippen LogP contribution in [0.25, 0.3) is 33.1 Å². The SMILES string of the molecule is c1ccc2c(c1)[nH]c1c(-c3ccc4c(c3)CCO4)nccc12.